The third kappa shape index (κ3) is 4.40. The topological polar surface area (TPSA) is 42.4 Å². The van der Waals surface area contributed by atoms with Crippen molar-refractivity contribution >= 4 is 17.3 Å². The average Bonchev–Trinajstić information content (AvgIpc) is 2.76. The minimum Gasteiger partial charge on any atom is -0.469 e. The summed E-state index contributed by atoms with van der Waals surface area (Å²) in [6.07, 6.45) is 0.439. The number of hydrogen-bond donors (Lipinski definition) is 0. The zero-order chi connectivity index (χ0) is 11.1. The van der Waals surface area contributed by atoms with Gasteiger partial charge in [-0.05, 0) is 6.54 Å². The van der Waals surface area contributed by atoms with E-state index in [2.05, 4.69) is 21.5 Å². The number of esters is 1. The van der Waals surface area contributed by atoms with Crippen molar-refractivity contribution in [3.8, 4) is 0 Å². The van der Waals surface area contributed by atoms with E-state index in [0.29, 0.717) is 6.42 Å². The van der Waals surface area contributed by atoms with Crippen LogP contribution < -0.4 is 0 Å². The maximum Gasteiger partial charge on any atom is 0.306 e. The Balaban J connectivity index is 2.33. The highest BCUT2D eigenvalue weighted by Crippen LogP contribution is 2.05. The van der Waals surface area contributed by atoms with Gasteiger partial charge in [0.05, 0.1) is 24.7 Å². The molecule has 4 nitrogen and oxygen atoms in total. The molecule has 0 saturated heterocycles. The van der Waals surface area contributed by atoms with E-state index >= 15 is 0 Å². The number of thiazole rings is 1. The van der Waals surface area contributed by atoms with E-state index in [1.54, 1.807) is 11.3 Å². The van der Waals surface area contributed by atoms with E-state index in [1.165, 1.54) is 7.11 Å². The Morgan fingerprint density at radius 1 is 1.67 bits per heavy atom. The molecule has 1 heterocycles. The molecule has 0 atom stereocenters. The van der Waals surface area contributed by atoms with Gasteiger partial charge in [-0.1, -0.05) is 6.92 Å². The van der Waals surface area contributed by atoms with Gasteiger partial charge in [-0.15, -0.1) is 11.3 Å². The van der Waals surface area contributed by atoms with Crippen LogP contribution in [-0.4, -0.2) is 36.1 Å². The molecule has 1 aromatic heterocycles. The molecule has 0 saturated carbocycles. The SMILES string of the molecule is CCN(CCC(=O)OC)Cc1cscn1. The normalized spacial score (nSPS) is 10.6. The third-order valence-electron chi connectivity index (χ3n) is 2.18. The fourth-order valence-corrected chi connectivity index (χ4v) is 1.79. The summed E-state index contributed by atoms with van der Waals surface area (Å²) in [4.78, 5) is 17.4. The van der Waals surface area contributed by atoms with Crippen LogP contribution in [0.5, 0.6) is 0 Å². The molecule has 0 aromatic carbocycles. The second-order valence-corrected chi connectivity index (χ2v) is 3.89. The van der Waals surface area contributed by atoms with Crippen molar-refractivity contribution in [2.24, 2.45) is 0 Å². The lowest BCUT2D eigenvalue weighted by Crippen LogP contribution is -2.26. The average molecular weight is 228 g/mol. The molecule has 0 fully saturated rings. The molecule has 5 heteroatoms. The van der Waals surface area contributed by atoms with Gasteiger partial charge in [0, 0.05) is 18.5 Å². The minimum absolute atomic E-state index is 0.160. The predicted molar refractivity (Wildman–Crippen MR) is 59.7 cm³/mol. The Morgan fingerprint density at radius 2 is 2.47 bits per heavy atom. The molecule has 15 heavy (non-hydrogen) atoms. The quantitative estimate of drug-likeness (QED) is 0.692. The predicted octanol–water partition coefficient (Wildman–Crippen LogP) is 1.53. The summed E-state index contributed by atoms with van der Waals surface area (Å²) >= 11 is 1.59. The third-order valence-corrected chi connectivity index (χ3v) is 2.81. The van der Waals surface area contributed by atoms with Crippen LogP contribution in [-0.2, 0) is 16.1 Å². The highest BCUT2D eigenvalue weighted by atomic mass is 32.1. The molecule has 1 aromatic rings. The lowest BCUT2D eigenvalue weighted by Gasteiger charge is -2.18. The summed E-state index contributed by atoms with van der Waals surface area (Å²) in [5.41, 5.74) is 2.88. The van der Waals surface area contributed by atoms with Crippen LogP contribution >= 0.6 is 11.3 Å². The zero-order valence-corrected chi connectivity index (χ0v) is 9.92. The number of aromatic nitrogens is 1. The van der Waals surface area contributed by atoms with E-state index in [9.17, 15) is 4.79 Å². The van der Waals surface area contributed by atoms with Crippen LogP contribution in [0, 0.1) is 0 Å². The summed E-state index contributed by atoms with van der Waals surface area (Å²) in [6, 6.07) is 0. The fraction of sp³-hybridized carbons (Fsp3) is 0.600. The molecule has 0 aliphatic heterocycles. The van der Waals surface area contributed by atoms with Gasteiger partial charge in [0.1, 0.15) is 0 Å². The first-order chi connectivity index (χ1) is 7.26. The lowest BCUT2D eigenvalue weighted by atomic mass is 10.3. The molecular formula is C10H16N2O2S. The minimum atomic E-state index is -0.160. The van der Waals surface area contributed by atoms with Crippen LogP contribution in [0.15, 0.2) is 10.9 Å². The molecule has 1 rings (SSSR count). The van der Waals surface area contributed by atoms with E-state index in [0.717, 1.165) is 25.3 Å². The van der Waals surface area contributed by atoms with Crippen molar-refractivity contribution in [2.75, 3.05) is 20.2 Å². The van der Waals surface area contributed by atoms with Crippen LogP contribution in [0.1, 0.15) is 19.0 Å². The summed E-state index contributed by atoms with van der Waals surface area (Å²) in [6.45, 7) is 4.51. The molecule has 0 bridgehead atoms. The first kappa shape index (κ1) is 12.1. The summed E-state index contributed by atoms with van der Waals surface area (Å²) < 4.78 is 4.60. The second-order valence-electron chi connectivity index (χ2n) is 3.17. The van der Waals surface area contributed by atoms with Crippen LogP contribution in [0.2, 0.25) is 0 Å². The maximum absolute atomic E-state index is 11.0. The first-order valence-electron chi connectivity index (χ1n) is 4.92. The first-order valence-corrected chi connectivity index (χ1v) is 5.86. The standard InChI is InChI=1S/C10H16N2O2S/c1-3-12(5-4-10(13)14-2)6-9-7-15-8-11-9/h7-8H,3-6H2,1-2H3. The smallest absolute Gasteiger partial charge is 0.306 e. The van der Waals surface area contributed by atoms with Crippen molar-refractivity contribution < 1.29 is 9.53 Å². The van der Waals surface area contributed by atoms with Crippen molar-refractivity contribution in [2.45, 2.75) is 19.9 Å². The van der Waals surface area contributed by atoms with Crippen LogP contribution in [0.4, 0.5) is 0 Å². The van der Waals surface area contributed by atoms with Gasteiger partial charge in [-0.2, -0.15) is 0 Å². The molecule has 0 amide bonds. The van der Waals surface area contributed by atoms with Crippen LogP contribution in [0.25, 0.3) is 0 Å². The maximum atomic E-state index is 11.0. The van der Waals surface area contributed by atoms with Crippen LogP contribution in [0.3, 0.4) is 0 Å². The second kappa shape index (κ2) is 6.53. The lowest BCUT2D eigenvalue weighted by molar-refractivity contribution is -0.141. The van der Waals surface area contributed by atoms with Crippen molar-refractivity contribution in [3.63, 3.8) is 0 Å². The largest absolute Gasteiger partial charge is 0.469 e. The van der Waals surface area contributed by atoms with Crippen molar-refractivity contribution in [1.82, 2.24) is 9.88 Å². The highest BCUT2D eigenvalue weighted by Gasteiger charge is 2.08. The number of methoxy groups -OCH3 is 1. The number of carbonyl (C=O) groups is 1. The van der Waals surface area contributed by atoms with E-state index in [4.69, 9.17) is 0 Å². The van der Waals surface area contributed by atoms with Gasteiger partial charge < -0.3 is 4.74 Å². The van der Waals surface area contributed by atoms with Gasteiger partial charge in [-0.25, -0.2) is 4.98 Å². The molecule has 0 aliphatic rings. The number of rotatable bonds is 6. The Morgan fingerprint density at radius 3 is 3.00 bits per heavy atom. The van der Waals surface area contributed by atoms with Crippen molar-refractivity contribution in [3.05, 3.63) is 16.6 Å². The zero-order valence-electron chi connectivity index (χ0n) is 9.10. The summed E-state index contributed by atoms with van der Waals surface area (Å²) in [7, 11) is 1.42. The molecule has 0 unspecified atom stereocenters. The van der Waals surface area contributed by atoms with Gasteiger partial charge in [0.2, 0.25) is 0 Å². The monoisotopic (exact) mass is 228 g/mol. The Labute approximate surface area is 93.9 Å². The van der Waals surface area contributed by atoms with E-state index < -0.39 is 0 Å². The Hall–Kier alpha value is -0.940. The van der Waals surface area contributed by atoms with Gasteiger partial charge in [0.25, 0.3) is 0 Å². The Kier molecular flexibility index (Phi) is 5.28. The highest BCUT2D eigenvalue weighted by molar-refractivity contribution is 7.07. The summed E-state index contributed by atoms with van der Waals surface area (Å²) in [5.74, 6) is -0.160. The molecule has 0 aliphatic carbocycles. The van der Waals surface area contributed by atoms with E-state index in [1.807, 2.05) is 10.9 Å². The number of carbonyl (C=O) groups excluding carboxylic acids is 1. The fourth-order valence-electron chi connectivity index (χ4n) is 1.25. The van der Waals surface area contributed by atoms with Gasteiger partial charge >= 0.3 is 5.97 Å². The molecular weight excluding hydrogens is 212 g/mol. The van der Waals surface area contributed by atoms with Gasteiger partial charge in [0.15, 0.2) is 0 Å². The molecule has 0 radical (unpaired) electrons. The van der Waals surface area contributed by atoms with Gasteiger partial charge in [-0.3, -0.25) is 9.69 Å². The Bertz CT molecular complexity index is 288. The van der Waals surface area contributed by atoms with Crippen molar-refractivity contribution in [1.29, 1.82) is 0 Å². The number of ether oxygens (including phenoxy) is 1. The summed E-state index contributed by atoms with van der Waals surface area (Å²) in [5, 5.41) is 2.03. The molecule has 0 spiro atoms. The molecule has 84 valence electrons. The van der Waals surface area contributed by atoms with E-state index in [-0.39, 0.29) is 5.97 Å². The number of hydrogen-bond acceptors (Lipinski definition) is 5. The molecule has 0 N–H and O–H groups in total. The number of nitrogens with zero attached hydrogens (tertiary/aromatic N) is 2.